The first-order valence-electron chi connectivity index (χ1n) is 8.21. The molecule has 0 amide bonds. The van der Waals surface area contributed by atoms with Gasteiger partial charge in [-0.1, -0.05) is 19.1 Å². The molecule has 0 aliphatic carbocycles. The molecule has 0 radical (unpaired) electrons. The van der Waals surface area contributed by atoms with Crippen LogP contribution in [0.2, 0.25) is 0 Å². The van der Waals surface area contributed by atoms with Crippen molar-refractivity contribution in [3.63, 3.8) is 0 Å². The monoisotopic (exact) mass is 457 g/mol. The average molecular weight is 457 g/mol. The number of ether oxygens (including phenoxy) is 1. The molecule has 0 bridgehead atoms. The summed E-state index contributed by atoms with van der Waals surface area (Å²) in [6.45, 7) is 3.33. The van der Waals surface area contributed by atoms with Crippen molar-refractivity contribution in [3.8, 4) is 5.75 Å². The highest BCUT2D eigenvalue weighted by atomic mass is 127. The van der Waals surface area contributed by atoms with Crippen molar-refractivity contribution in [1.82, 2.24) is 0 Å². The summed E-state index contributed by atoms with van der Waals surface area (Å²) in [6.07, 6.45) is 2.72. The molecule has 0 fully saturated rings. The van der Waals surface area contributed by atoms with Crippen LogP contribution in [0, 0.1) is 5.82 Å². The number of hydrogen-bond donors (Lipinski definition) is 2. The lowest BCUT2D eigenvalue weighted by Gasteiger charge is -2.07. The molecule has 0 unspecified atom stereocenters. The van der Waals surface area contributed by atoms with E-state index < -0.39 is 0 Å². The number of aryl methyl sites for hydroxylation is 1. The maximum absolute atomic E-state index is 12.8. The van der Waals surface area contributed by atoms with E-state index in [4.69, 9.17) is 10.5 Å². The van der Waals surface area contributed by atoms with E-state index in [2.05, 4.69) is 29.4 Å². The molecule has 0 aliphatic rings. The summed E-state index contributed by atoms with van der Waals surface area (Å²) in [5, 5.41) is 3.10. The van der Waals surface area contributed by atoms with Crippen LogP contribution in [-0.4, -0.2) is 19.1 Å². The van der Waals surface area contributed by atoms with Crippen LogP contribution in [0.25, 0.3) is 0 Å². The SMILES string of the molecule is CCc1cccc(NC(N)=NCCCCOc2ccc(F)cc2)c1.I. The zero-order valence-corrected chi connectivity index (χ0v) is 16.7. The molecule has 0 aliphatic heterocycles. The van der Waals surface area contributed by atoms with Gasteiger partial charge in [-0.25, -0.2) is 4.39 Å². The Morgan fingerprint density at radius 2 is 1.92 bits per heavy atom. The van der Waals surface area contributed by atoms with Crippen molar-refractivity contribution in [1.29, 1.82) is 0 Å². The first-order valence-corrected chi connectivity index (χ1v) is 8.21. The zero-order valence-electron chi connectivity index (χ0n) is 14.4. The van der Waals surface area contributed by atoms with Crippen molar-refractivity contribution in [2.75, 3.05) is 18.5 Å². The Kier molecular flexibility index (Phi) is 9.91. The third-order valence-corrected chi connectivity index (χ3v) is 3.52. The number of unbranched alkanes of at least 4 members (excludes halogenated alkanes) is 1. The highest BCUT2D eigenvalue weighted by Gasteiger charge is 1.97. The van der Waals surface area contributed by atoms with E-state index >= 15 is 0 Å². The Hall–Kier alpha value is -1.83. The second-order valence-electron chi connectivity index (χ2n) is 5.46. The summed E-state index contributed by atoms with van der Waals surface area (Å²) in [5.41, 5.74) is 8.10. The maximum atomic E-state index is 12.8. The van der Waals surface area contributed by atoms with Gasteiger partial charge in [0.05, 0.1) is 6.61 Å². The molecular weight excluding hydrogens is 432 g/mol. The molecule has 2 aromatic carbocycles. The summed E-state index contributed by atoms with van der Waals surface area (Å²) in [5.74, 6) is 0.837. The van der Waals surface area contributed by atoms with Gasteiger partial charge in [0.2, 0.25) is 0 Å². The number of hydrogen-bond acceptors (Lipinski definition) is 2. The van der Waals surface area contributed by atoms with Crippen LogP contribution >= 0.6 is 24.0 Å². The van der Waals surface area contributed by atoms with Crippen LogP contribution in [0.15, 0.2) is 53.5 Å². The molecule has 136 valence electrons. The van der Waals surface area contributed by atoms with Gasteiger partial charge in [-0.3, -0.25) is 4.99 Å². The lowest BCUT2D eigenvalue weighted by Crippen LogP contribution is -2.23. The smallest absolute Gasteiger partial charge is 0.193 e. The minimum Gasteiger partial charge on any atom is -0.494 e. The fourth-order valence-corrected chi connectivity index (χ4v) is 2.19. The Labute approximate surface area is 165 Å². The minimum absolute atomic E-state index is 0. The largest absolute Gasteiger partial charge is 0.494 e. The number of nitrogens with two attached hydrogens (primary N) is 1. The van der Waals surface area contributed by atoms with E-state index in [1.54, 1.807) is 12.1 Å². The molecule has 0 saturated heterocycles. The number of aliphatic imine (C=N–C) groups is 1. The molecule has 0 atom stereocenters. The average Bonchev–Trinajstić information content (AvgIpc) is 2.59. The Bertz CT molecular complexity index is 662. The van der Waals surface area contributed by atoms with Gasteiger partial charge < -0.3 is 15.8 Å². The van der Waals surface area contributed by atoms with Crippen LogP contribution in [0.5, 0.6) is 5.75 Å². The van der Waals surface area contributed by atoms with E-state index in [0.717, 1.165) is 24.9 Å². The van der Waals surface area contributed by atoms with Crippen LogP contribution in [0.4, 0.5) is 10.1 Å². The van der Waals surface area contributed by atoms with Crippen molar-refractivity contribution < 1.29 is 9.13 Å². The standard InChI is InChI=1S/C19H24FN3O.HI/c1-2-15-6-5-7-17(14-15)23-19(21)22-12-3-4-13-24-18-10-8-16(20)9-11-18;/h5-11,14H,2-4,12-13H2,1H3,(H3,21,22,23);1H. The number of benzene rings is 2. The Morgan fingerprint density at radius 1 is 1.16 bits per heavy atom. The second kappa shape index (κ2) is 11.7. The van der Waals surface area contributed by atoms with Crippen molar-refractivity contribution >= 4 is 35.6 Å². The van der Waals surface area contributed by atoms with Gasteiger partial charge in [0.1, 0.15) is 11.6 Å². The fraction of sp³-hybridized carbons (Fsp3) is 0.316. The van der Waals surface area contributed by atoms with Crippen molar-refractivity contribution in [3.05, 3.63) is 59.9 Å². The van der Waals surface area contributed by atoms with Gasteiger partial charge in [0.15, 0.2) is 5.96 Å². The first-order chi connectivity index (χ1) is 11.7. The van der Waals surface area contributed by atoms with Gasteiger partial charge in [-0.05, 0) is 61.2 Å². The molecule has 0 heterocycles. The van der Waals surface area contributed by atoms with E-state index in [1.807, 2.05) is 12.1 Å². The molecule has 0 aromatic heterocycles. The second-order valence-corrected chi connectivity index (χ2v) is 5.46. The molecule has 2 rings (SSSR count). The molecule has 0 spiro atoms. The fourth-order valence-electron chi connectivity index (χ4n) is 2.19. The van der Waals surface area contributed by atoms with Gasteiger partial charge in [-0.15, -0.1) is 24.0 Å². The third-order valence-electron chi connectivity index (χ3n) is 3.52. The van der Waals surface area contributed by atoms with Crippen molar-refractivity contribution in [2.24, 2.45) is 10.7 Å². The molecule has 3 N–H and O–H groups in total. The highest BCUT2D eigenvalue weighted by Crippen LogP contribution is 2.12. The van der Waals surface area contributed by atoms with Crippen LogP contribution in [0.3, 0.4) is 0 Å². The van der Waals surface area contributed by atoms with Crippen LogP contribution < -0.4 is 15.8 Å². The summed E-state index contributed by atoms with van der Waals surface area (Å²) in [4.78, 5) is 4.31. The summed E-state index contributed by atoms with van der Waals surface area (Å²) >= 11 is 0. The topological polar surface area (TPSA) is 59.6 Å². The zero-order chi connectivity index (χ0) is 17.2. The molecule has 4 nitrogen and oxygen atoms in total. The van der Waals surface area contributed by atoms with Crippen LogP contribution in [-0.2, 0) is 6.42 Å². The Balaban J connectivity index is 0.00000312. The van der Waals surface area contributed by atoms with E-state index in [0.29, 0.717) is 24.9 Å². The normalized spacial score (nSPS) is 10.9. The van der Waals surface area contributed by atoms with Gasteiger partial charge >= 0.3 is 0 Å². The predicted octanol–water partition coefficient (Wildman–Crippen LogP) is 4.59. The number of rotatable bonds is 8. The first kappa shape index (κ1) is 21.2. The highest BCUT2D eigenvalue weighted by molar-refractivity contribution is 14.0. The minimum atomic E-state index is -0.260. The maximum Gasteiger partial charge on any atom is 0.193 e. The molecular formula is C19H25FIN3O. The van der Waals surface area contributed by atoms with E-state index in [1.165, 1.54) is 17.7 Å². The number of halogens is 2. The van der Waals surface area contributed by atoms with Crippen LogP contribution in [0.1, 0.15) is 25.3 Å². The number of anilines is 1. The lowest BCUT2D eigenvalue weighted by atomic mass is 10.1. The number of guanidine groups is 1. The number of nitrogens with one attached hydrogen (secondary N) is 1. The Morgan fingerprint density at radius 3 is 2.64 bits per heavy atom. The third kappa shape index (κ3) is 8.20. The molecule has 25 heavy (non-hydrogen) atoms. The molecule has 6 heteroatoms. The predicted molar refractivity (Wildman–Crippen MR) is 112 cm³/mol. The van der Waals surface area contributed by atoms with Gasteiger partial charge in [-0.2, -0.15) is 0 Å². The molecule has 2 aromatic rings. The summed E-state index contributed by atoms with van der Waals surface area (Å²) in [6, 6.07) is 14.1. The summed E-state index contributed by atoms with van der Waals surface area (Å²) in [7, 11) is 0. The van der Waals surface area contributed by atoms with Crippen molar-refractivity contribution in [2.45, 2.75) is 26.2 Å². The number of nitrogens with zero attached hydrogens (tertiary/aromatic N) is 1. The quantitative estimate of drug-likeness (QED) is 0.264. The van der Waals surface area contributed by atoms with E-state index in [9.17, 15) is 4.39 Å². The lowest BCUT2D eigenvalue weighted by molar-refractivity contribution is 0.307. The van der Waals surface area contributed by atoms with Gasteiger partial charge in [0.25, 0.3) is 0 Å². The summed E-state index contributed by atoms with van der Waals surface area (Å²) < 4.78 is 18.3. The molecule has 0 saturated carbocycles. The van der Waals surface area contributed by atoms with Gasteiger partial charge in [0, 0.05) is 12.2 Å². The van der Waals surface area contributed by atoms with E-state index in [-0.39, 0.29) is 29.8 Å².